The molecule has 4 heteroatoms. The molecule has 3 aliphatic rings. The standard InChI is InChI=1S/C33H25NO3/c1-32-25(21-12-5-3-6-13-21)26(22-14-7-4-8-15-22)33(2,31(32)37)28-27(32)29(35)34(30(28)36)24-18-17-20-11-9-10-16-23(20)19-24/h3-19,27-28H,1-2H3. The number of Topliss-reactive ketones (excluding diaryl/α,β-unsaturated/α-hetero) is 1. The molecule has 7 rings (SSSR count). The van der Waals surface area contributed by atoms with Gasteiger partial charge in [0.2, 0.25) is 11.8 Å². The number of anilines is 1. The van der Waals surface area contributed by atoms with E-state index in [-0.39, 0.29) is 17.6 Å². The van der Waals surface area contributed by atoms with Crippen molar-refractivity contribution in [3.63, 3.8) is 0 Å². The van der Waals surface area contributed by atoms with E-state index in [1.165, 1.54) is 4.90 Å². The van der Waals surface area contributed by atoms with E-state index in [0.717, 1.165) is 33.0 Å². The monoisotopic (exact) mass is 483 g/mol. The quantitative estimate of drug-likeness (QED) is 0.328. The molecule has 4 aromatic carbocycles. The fourth-order valence-electron chi connectivity index (χ4n) is 7.38. The van der Waals surface area contributed by atoms with Gasteiger partial charge in [0, 0.05) is 0 Å². The topological polar surface area (TPSA) is 54.5 Å². The highest BCUT2D eigenvalue weighted by molar-refractivity contribution is 6.34. The molecule has 4 atom stereocenters. The van der Waals surface area contributed by atoms with E-state index in [4.69, 9.17) is 0 Å². The number of fused-ring (bicyclic) bond motifs is 6. The lowest BCUT2D eigenvalue weighted by Gasteiger charge is -2.35. The van der Waals surface area contributed by atoms with Crippen LogP contribution in [0.15, 0.2) is 103 Å². The van der Waals surface area contributed by atoms with Crippen LogP contribution >= 0.6 is 0 Å². The average Bonchev–Trinajstić information content (AvgIpc) is 3.38. The van der Waals surface area contributed by atoms with Gasteiger partial charge in [-0.05, 0) is 59.0 Å². The third-order valence-electron chi connectivity index (χ3n) is 8.90. The average molecular weight is 484 g/mol. The van der Waals surface area contributed by atoms with Crippen molar-refractivity contribution in [2.24, 2.45) is 22.7 Å². The highest BCUT2D eigenvalue weighted by atomic mass is 16.2. The molecule has 0 spiro atoms. The minimum absolute atomic E-state index is 0.0347. The van der Waals surface area contributed by atoms with Gasteiger partial charge in [-0.15, -0.1) is 0 Å². The van der Waals surface area contributed by atoms with Crippen LogP contribution < -0.4 is 4.90 Å². The van der Waals surface area contributed by atoms with Crippen LogP contribution in [0.3, 0.4) is 0 Å². The van der Waals surface area contributed by atoms with Gasteiger partial charge in [0.05, 0.1) is 28.4 Å². The van der Waals surface area contributed by atoms with Crippen molar-refractivity contribution in [2.45, 2.75) is 13.8 Å². The maximum Gasteiger partial charge on any atom is 0.239 e. The summed E-state index contributed by atoms with van der Waals surface area (Å²) in [5.74, 6) is -2.10. The Morgan fingerprint density at radius 3 is 1.54 bits per heavy atom. The Labute approximate surface area is 215 Å². The number of nitrogens with zero attached hydrogens (tertiary/aromatic N) is 1. The molecule has 1 heterocycles. The van der Waals surface area contributed by atoms with Crippen molar-refractivity contribution >= 4 is 45.2 Å². The summed E-state index contributed by atoms with van der Waals surface area (Å²) in [6.45, 7) is 3.76. The van der Waals surface area contributed by atoms with Crippen LogP contribution in [0.2, 0.25) is 0 Å². The second-order valence-corrected chi connectivity index (χ2v) is 10.7. The van der Waals surface area contributed by atoms with Crippen molar-refractivity contribution in [3.05, 3.63) is 114 Å². The van der Waals surface area contributed by atoms with E-state index in [1.807, 2.05) is 117 Å². The van der Waals surface area contributed by atoms with Gasteiger partial charge in [-0.3, -0.25) is 14.4 Å². The third kappa shape index (κ3) is 2.60. The first-order valence-electron chi connectivity index (χ1n) is 12.7. The Hall–Kier alpha value is -4.31. The Kier molecular flexibility index (Phi) is 4.36. The molecule has 180 valence electrons. The lowest BCUT2D eigenvalue weighted by atomic mass is 9.63. The van der Waals surface area contributed by atoms with Crippen LogP contribution in [-0.4, -0.2) is 17.6 Å². The van der Waals surface area contributed by atoms with Crippen molar-refractivity contribution in [1.82, 2.24) is 0 Å². The van der Waals surface area contributed by atoms with Crippen molar-refractivity contribution < 1.29 is 14.4 Å². The van der Waals surface area contributed by atoms with Crippen molar-refractivity contribution in [2.75, 3.05) is 4.90 Å². The molecule has 4 aromatic rings. The van der Waals surface area contributed by atoms with Gasteiger partial charge in [0.15, 0.2) is 5.78 Å². The van der Waals surface area contributed by atoms with Crippen LogP contribution in [0, 0.1) is 22.7 Å². The van der Waals surface area contributed by atoms with Crippen LogP contribution in [-0.2, 0) is 14.4 Å². The fraction of sp³-hybridized carbons (Fsp3) is 0.182. The second-order valence-electron chi connectivity index (χ2n) is 10.7. The predicted octanol–water partition coefficient (Wildman–Crippen LogP) is 6.17. The van der Waals surface area contributed by atoms with Gasteiger partial charge in [-0.25, -0.2) is 4.90 Å². The zero-order chi connectivity index (χ0) is 25.5. The van der Waals surface area contributed by atoms with Gasteiger partial charge < -0.3 is 0 Å². The molecule has 2 amide bonds. The number of imide groups is 1. The summed E-state index contributed by atoms with van der Waals surface area (Å²) in [5.41, 5.74) is 1.93. The number of ketones is 1. The predicted molar refractivity (Wildman–Crippen MR) is 144 cm³/mol. The van der Waals surface area contributed by atoms with Crippen molar-refractivity contribution in [1.29, 1.82) is 0 Å². The second kappa shape index (κ2) is 7.36. The number of allylic oxidation sites excluding steroid dienone is 2. The lowest BCUT2D eigenvalue weighted by Crippen LogP contribution is -2.40. The maximum absolute atomic E-state index is 14.3. The molecule has 0 N–H and O–H groups in total. The molecular weight excluding hydrogens is 458 g/mol. The first-order valence-corrected chi connectivity index (χ1v) is 12.7. The summed E-state index contributed by atoms with van der Waals surface area (Å²) in [5, 5.41) is 2.00. The Bertz CT molecular complexity index is 1590. The smallest absolute Gasteiger partial charge is 0.239 e. The molecule has 1 saturated heterocycles. The Balaban J connectivity index is 1.46. The van der Waals surface area contributed by atoms with Gasteiger partial charge in [0.25, 0.3) is 0 Å². The highest BCUT2D eigenvalue weighted by Crippen LogP contribution is 2.73. The van der Waals surface area contributed by atoms with E-state index in [1.54, 1.807) is 0 Å². The van der Waals surface area contributed by atoms with E-state index < -0.39 is 22.7 Å². The fourth-order valence-corrected chi connectivity index (χ4v) is 7.38. The molecule has 37 heavy (non-hydrogen) atoms. The number of hydrogen-bond donors (Lipinski definition) is 0. The number of carbonyl (C=O) groups is 3. The summed E-state index contributed by atoms with van der Waals surface area (Å²) >= 11 is 0. The highest BCUT2D eigenvalue weighted by Gasteiger charge is 2.78. The summed E-state index contributed by atoms with van der Waals surface area (Å²) in [6.07, 6.45) is 0. The maximum atomic E-state index is 14.3. The Morgan fingerprint density at radius 2 is 1.03 bits per heavy atom. The van der Waals surface area contributed by atoms with E-state index >= 15 is 0 Å². The minimum Gasteiger partial charge on any atom is -0.298 e. The van der Waals surface area contributed by atoms with Gasteiger partial charge in [-0.2, -0.15) is 0 Å². The molecule has 0 aromatic heterocycles. The summed E-state index contributed by atoms with van der Waals surface area (Å²) in [6, 6.07) is 33.2. The normalized spacial score (nSPS) is 28.5. The number of benzene rings is 4. The largest absolute Gasteiger partial charge is 0.298 e. The first kappa shape index (κ1) is 21.9. The van der Waals surface area contributed by atoms with Gasteiger partial charge in [-0.1, -0.05) is 91.0 Å². The van der Waals surface area contributed by atoms with E-state index in [9.17, 15) is 14.4 Å². The lowest BCUT2D eigenvalue weighted by molar-refractivity contribution is -0.133. The molecule has 2 aliphatic carbocycles. The summed E-state index contributed by atoms with van der Waals surface area (Å²) in [7, 11) is 0. The zero-order valence-electron chi connectivity index (χ0n) is 20.6. The number of rotatable bonds is 3. The zero-order valence-corrected chi connectivity index (χ0v) is 20.6. The van der Waals surface area contributed by atoms with E-state index in [2.05, 4.69) is 0 Å². The number of hydrogen-bond acceptors (Lipinski definition) is 3. The molecule has 1 aliphatic heterocycles. The molecule has 4 nitrogen and oxygen atoms in total. The molecule has 1 saturated carbocycles. The molecule has 0 radical (unpaired) electrons. The summed E-state index contributed by atoms with van der Waals surface area (Å²) in [4.78, 5) is 44.0. The van der Waals surface area contributed by atoms with E-state index in [0.29, 0.717) is 5.69 Å². The number of amides is 2. The molecule has 2 bridgehead atoms. The molecular formula is C33H25NO3. The van der Waals surface area contributed by atoms with Crippen LogP contribution in [0.25, 0.3) is 21.9 Å². The first-order chi connectivity index (χ1) is 17.9. The molecule has 2 fully saturated rings. The molecule has 4 unspecified atom stereocenters. The van der Waals surface area contributed by atoms with Gasteiger partial charge in [0.1, 0.15) is 0 Å². The minimum atomic E-state index is -1.11. The SMILES string of the molecule is CC12C(=O)C(C)(C(c3ccccc3)=C1c1ccccc1)C1C(=O)N(c3ccc4ccccc4c3)C(=O)C12. The van der Waals surface area contributed by atoms with Crippen LogP contribution in [0.4, 0.5) is 5.69 Å². The summed E-state index contributed by atoms with van der Waals surface area (Å²) < 4.78 is 0. The van der Waals surface area contributed by atoms with Gasteiger partial charge >= 0.3 is 0 Å². The number of carbonyl (C=O) groups excluding carboxylic acids is 3. The third-order valence-corrected chi connectivity index (χ3v) is 8.90. The Morgan fingerprint density at radius 1 is 0.568 bits per heavy atom. The van der Waals surface area contributed by atoms with Crippen LogP contribution in [0.1, 0.15) is 25.0 Å². The van der Waals surface area contributed by atoms with Crippen molar-refractivity contribution in [3.8, 4) is 0 Å². The van der Waals surface area contributed by atoms with Crippen LogP contribution in [0.5, 0.6) is 0 Å².